The van der Waals surface area contributed by atoms with E-state index in [0.29, 0.717) is 15.1 Å². The Kier molecular flexibility index (Phi) is 6.18. The number of hydrogen-bond donors (Lipinski definition) is 0. The number of thiazole rings is 1. The van der Waals surface area contributed by atoms with Crippen LogP contribution in [0.5, 0.6) is 0 Å². The first-order valence-electron chi connectivity index (χ1n) is 6.45. The van der Waals surface area contributed by atoms with Crippen molar-refractivity contribution in [2.75, 3.05) is 0 Å². The summed E-state index contributed by atoms with van der Waals surface area (Å²) in [6.07, 6.45) is 0. The fraction of sp³-hybridized carbons (Fsp3) is 0.0625. The van der Waals surface area contributed by atoms with Crippen LogP contribution in [0.4, 0.5) is 5.69 Å². The van der Waals surface area contributed by atoms with Gasteiger partial charge >= 0.3 is 0 Å². The van der Waals surface area contributed by atoms with Gasteiger partial charge in [-0.3, -0.25) is 0 Å². The van der Waals surface area contributed by atoms with Gasteiger partial charge in [0, 0.05) is 28.0 Å². The minimum atomic E-state index is 0. The third-order valence-corrected chi connectivity index (χ3v) is 4.90. The highest BCUT2D eigenvalue weighted by Gasteiger charge is 2.09. The molecule has 1 heterocycles. The maximum Gasteiger partial charge on any atom is 0.190 e. The van der Waals surface area contributed by atoms with Crippen molar-refractivity contribution in [2.24, 2.45) is 12.0 Å². The number of benzene rings is 2. The fourth-order valence-electron chi connectivity index (χ4n) is 2.04. The highest BCUT2D eigenvalue weighted by atomic mass is 35.5. The van der Waals surface area contributed by atoms with Crippen LogP contribution in [0.15, 0.2) is 52.8 Å². The van der Waals surface area contributed by atoms with Gasteiger partial charge in [0.15, 0.2) is 4.80 Å². The first-order chi connectivity index (χ1) is 10.5. The van der Waals surface area contributed by atoms with Gasteiger partial charge in [-0.2, -0.15) is 0 Å². The smallest absolute Gasteiger partial charge is 0.190 e. The topological polar surface area (TPSA) is 17.3 Å². The van der Waals surface area contributed by atoms with Crippen molar-refractivity contribution in [3.05, 3.63) is 67.7 Å². The van der Waals surface area contributed by atoms with Crippen LogP contribution < -0.4 is 4.80 Å². The highest BCUT2D eigenvalue weighted by molar-refractivity contribution is 7.07. The summed E-state index contributed by atoms with van der Waals surface area (Å²) in [7, 11) is 1.96. The fourth-order valence-corrected chi connectivity index (χ4v) is 3.59. The van der Waals surface area contributed by atoms with Gasteiger partial charge in [0.05, 0.1) is 16.4 Å². The Labute approximate surface area is 159 Å². The predicted octanol–water partition coefficient (Wildman–Crippen LogP) is 6.37. The molecule has 0 saturated heterocycles. The average molecular weight is 406 g/mol. The van der Waals surface area contributed by atoms with E-state index in [4.69, 9.17) is 34.8 Å². The molecule has 0 unspecified atom stereocenters. The van der Waals surface area contributed by atoms with Crippen LogP contribution in [-0.2, 0) is 7.05 Å². The maximum atomic E-state index is 6.28. The summed E-state index contributed by atoms with van der Waals surface area (Å²) in [5.41, 5.74) is 2.79. The summed E-state index contributed by atoms with van der Waals surface area (Å²) in [5, 5.41) is 3.98. The van der Waals surface area contributed by atoms with Crippen molar-refractivity contribution in [2.45, 2.75) is 0 Å². The quantitative estimate of drug-likeness (QED) is 0.471. The number of hydrogen-bond acceptors (Lipinski definition) is 2. The van der Waals surface area contributed by atoms with Gasteiger partial charge in [0.1, 0.15) is 0 Å². The zero-order valence-corrected chi connectivity index (χ0v) is 15.9. The molecule has 2 aromatic carbocycles. The summed E-state index contributed by atoms with van der Waals surface area (Å²) in [4.78, 5) is 5.51. The van der Waals surface area contributed by atoms with E-state index in [1.54, 1.807) is 17.4 Å². The van der Waals surface area contributed by atoms with E-state index in [2.05, 4.69) is 4.99 Å². The van der Waals surface area contributed by atoms with E-state index in [0.717, 1.165) is 21.7 Å². The molecule has 2 nitrogen and oxygen atoms in total. The molecule has 0 fully saturated rings. The van der Waals surface area contributed by atoms with Crippen molar-refractivity contribution in [1.29, 1.82) is 0 Å². The first kappa shape index (κ1) is 18.4. The molecule has 120 valence electrons. The van der Waals surface area contributed by atoms with Crippen LogP contribution in [-0.4, -0.2) is 4.57 Å². The summed E-state index contributed by atoms with van der Waals surface area (Å²) >= 11 is 19.7. The summed E-state index contributed by atoms with van der Waals surface area (Å²) in [5.74, 6) is 0. The number of halogens is 4. The van der Waals surface area contributed by atoms with Crippen molar-refractivity contribution in [3.63, 3.8) is 0 Å². The second-order valence-electron chi connectivity index (χ2n) is 4.67. The second-order valence-corrected chi connectivity index (χ2v) is 6.79. The molecule has 0 aliphatic carbocycles. The van der Waals surface area contributed by atoms with Gasteiger partial charge in [-0.15, -0.1) is 23.7 Å². The van der Waals surface area contributed by atoms with Crippen LogP contribution in [0.2, 0.25) is 15.1 Å². The molecule has 1 aromatic heterocycles. The molecular formula is C16H12Cl4N2S. The third-order valence-electron chi connectivity index (χ3n) is 3.18. The SMILES string of the molecule is Cl.Cn1c(-c2ccc(Cl)cc2Cl)csc1=Nc1ccc(Cl)cc1. The minimum Gasteiger partial charge on any atom is -0.319 e. The summed E-state index contributed by atoms with van der Waals surface area (Å²) in [6, 6.07) is 12.9. The molecule has 0 saturated carbocycles. The molecule has 7 heteroatoms. The van der Waals surface area contributed by atoms with Gasteiger partial charge < -0.3 is 4.57 Å². The normalized spacial score (nSPS) is 11.4. The Morgan fingerprint density at radius 1 is 0.957 bits per heavy atom. The Hall–Kier alpha value is -0.970. The first-order valence-corrected chi connectivity index (χ1v) is 8.46. The Balaban J connectivity index is 0.00000192. The molecule has 0 atom stereocenters. The molecule has 0 aliphatic rings. The van der Waals surface area contributed by atoms with Crippen LogP contribution in [0.25, 0.3) is 11.3 Å². The lowest BCUT2D eigenvalue weighted by molar-refractivity contribution is 0.883. The summed E-state index contributed by atoms with van der Waals surface area (Å²) < 4.78 is 2.01. The molecule has 3 aromatic rings. The van der Waals surface area contributed by atoms with Gasteiger partial charge in [0.2, 0.25) is 0 Å². The van der Waals surface area contributed by atoms with E-state index < -0.39 is 0 Å². The van der Waals surface area contributed by atoms with Crippen LogP contribution >= 0.6 is 58.5 Å². The van der Waals surface area contributed by atoms with Gasteiger partial charge in [-0.1, -0.05) is 34.8 Å². The number of aromatic nitrogens is 1. The van der Waals surface area contributed by atoms with Crippen molar-refractivity contribution >= 4 is 64.2 Å². The molecule has 0 radical (unpaired) electrons. The Morgan fingerprint density at radius 3 is 2.26 bits per heavy atom. The number of nitrogens with zero attached hydrogens (tertiary/aromatic N) is 2. The van der Waals surface area contributed by atoms with Crippen molar-refractivity contribution < 1.29 is 0 Å². The Bertz CT molecular complexity index is 882. The largest absolute Gasteiger partial charge is 0.319 e. The summed E-state index contributed by atoms with van der Waals surface area (Å²) in [6.45, 7) is 0. The van der Waals surface area contributed by atoms with E-state index in [9.17, 15) is 0 Å². The highest BCUT2D eigenvalue weighted by Crippen LogP contribution is 2.30. The van der Waals surface area contributed by atoms with Gasteiger partial charge in [0.25, 0.3) is 0 Å². The third kappa shape index (κ3) is 4.11. The molecule has 23 heavy (non-hydrogen) atoms. The molecule has 0 spiro atoms. The molecular weight excluding hydrogens is 394 g/mol. The van der Waals surface area contributed by atoms with Gasteiger partial charge in [-0.25, -0.2) is 4.99 Å². The Morgan fingerprint density at radius 2 is 1.61 bits per heavy atom. The molecule has 3 rings (SSSR count). The van der Waals surface area contributed by atoms with Crippen LogP contribution in [0, 0.1) is 0 Å². The van der Waals surface area contributed by atoms with E-state index in [1.807, 2.05) is 53.4 Å². The zero-order valence-electron chi connectivity index (χ0n) is 12.0. The maximum absolute atomic E-state index is 6.28. The molecule has 0 aliphatic heterocycles. The zero-order chi connectivity index (χ0) is 15.7. The number of rotatable bonds is 2. The average Bonchev–Trinajstić information content (AvgIpc) is 2.83. The van der Waals surface area contributed by atoms with Crippen molar-refractivity contribution in [3.8, 4) is 11.3 Å². The van der Waals surface area contributed by atoms with Crippen LogP contribution in [0.1, 0.15) is 0 Å². The second kappa shape index (κ2) is 7.73. The monoisotopic (exact) mass is 404 g/mol. The lowest BCUT2D eigenvalue weighted by Gasteiger charge is -2.05. The van der Waals surface area contributed by atoms with Gasteiger partial charge in [-0.05, 0) is 42.5 Å². The lowest BCUT2D eigenvalue weighted by atomic mass is 10.2. The van der Waals surface area contributed by atoms with E-state index in [1.165, 1.54) is 0 Å². The predicted molar refractivity (Wildman–Crippen MR) is 103 cm³/mol. The standard InChI is InChI=1S/C16H11Cl3N2S.ClH/c1-21-15(13-7-4-11(18)8-14(13)19)9-22-16(21)20-12-5-2-10(17)3-6-12;/h2-9H,1H3;1H. The lowest BCUT2D eigenvalue weighted by Crippen LogP contribution is -2.10. The molecule has 0 bridgehead atoms. The molecule has 0 amide bonds. The minimum absolute atomic E-state index is 0. The van der Waals surface area contributed by atoms with E-state index >= 15 is 0 Å². The van der Waals surface area contributed by atoms with Crippen LogP contribution in [0.3, 0.4) is 0 Å². The van der Waals surface area contributed by atoms with Crippen molar-refractivity contribution in [1.82, 2.24) is 4.57 Å². The molecule has 0 N–H and O–H groups in total. The van der Waals surface area contributed by atoms with E-state index in [-0.39, 0.29) is 12.4 Å².